The minimum absolute atomic E-state index is 0. The first-order chi connectivity index (χ1) is 6.12. The van der Waals surface area contributed by atoms with Crippen molar-refractivity contribution < 1.29 is 54.8 Å². The largest absolute Gasteiger partial charge is 0.324 e. The van der Waals surface area contributed by atoms with Crippen molar-refractivity contribution in [3.05, 3.63) is 0 Å². The van der Waals surface area contributed by atoms with E-state index in [4.69, 9.17) is 20.9 Å². The molecular formula is C8H19NdO3PS. The number of rotatable bonds is 8. The first-order valence-electron chi connectivity index (χ1n) is 4.74. The molecule has 0 bridgehead atoms. The molecule has 0 aliphatic heterocycles. The fourth-order valence-electron chi connectivity index (χ4n) is 0.686. The van der Waals surface area contributed by atoms with E-state index in [1.807, 2.05) is 0 Å². The van der Waals surface area contributed by atoms with Gasteiger partial charge in [0, 0.05) is 40.8 Å². The molecule has 0 saturated carbocycles. The maximum atomic E-state index is 9.45. The molecule has 0 rings (SSSR count). The third-order valence-corrected chi connectivity index (χ3v) is 3.15. The molecular weight excluding hydrogens is 351 g/mol. The van der Waals surface area contributed by atoms with Gasteiger partial charge in [-0.2, -0.15) is 0 Å². The molecule has 0 heterocycles. The molecule has 0 aliphatic carbocycles. The second-order valence-electron chi connectivity index (χ2n) is 2.84. The molecule has 0 fully saturated rings. The summed E-state index contributed by atoms with van der Waals surface area (Å²) in [5.74, 6) is 0. The van der Waals surface area contributed by atoms with Crippen LogP contribution in [0.2, 0.25) is 0 Å². The van der Waals surface area contributed by atoms with E-state index in [1.165, 1.54) is 0 Å². The van der Waals surface area contributed by atoms with E-state index < -0.39 is 6.72 Å². The van der Waals surface area contributed by atoms with Crippen LogP contribution in [0.25, 0.3) is 0 Å². The summed E-state index contributed by atoms with van der Waals surface area (Å²) >= 11 is 4.79. The van der Waals surface area contributed by atoms with Gasteiger partial charge in [-0.15, -0.1) is 0 Å². The molecule has 3 nitrogen and oxygen atoms in total. The molecule has 0 aromatic rings. The smallest absolute Gasteiger partial charge is 0.324 e. The average molecular weight is 371 g/mol. The van der Waals surface area contributed by atoms with Crippen LogP contribution in [0, 0.1) is 40.8 Å². The van der Waals surface area contributed by atoms with Gasteiger partial charge in [0.05, 0.1) is 13.2 Å². The summed E-state index contributed by atoms with van der Waals surface area (Å²) in [5, 5.41) is 0. The minimum Gasteiger partial charge on any atom is -0.324 e. The SMILES string of the molecule is CCCCOP(O)(=S)OCCCC.[Nd]. The van der Waals surface area contributed by atoms with Crippen LogP contribution in [0.3, 0.4) is 0 Å². The zero-order valence-electron chi connectivity index (χ0n) is 8.86. The molecule has 0 amide bonds. The first-order valence-corrected chi connectivity index (χ1v) is 7.33. The maximum Gasteiger partial charge on any atom is 0.324 e. The van der Waals surface area contributed by atoms with E-state index in [-0.39, 0.29) is 40.8 Å². The Bertz CT molecular complexity index is 155. The third-order valence-electron chi connectivity index (χ3n) is 1.50. The van der Waals surface area contributed by atoms with Gasteiger partial charge in [-0.25, -0.2) is 0 Å². The summed E-state index contributed by atoms with van der Waals surface area (Å²) in [4.78, 5) is 9.45. The van der Waals surface area contributed by atoms with Gasteiger partial charge in [-0.1, -0.05) is 26.7 Å². The van der Waals surface area contributed by atoms with Gasteiger partial charge < -0.3 is 13.9 Å². The van der Waals surface area contributed by atoms with Gasteiger partial charge in [0.1, 0.15) is 0 Å². The Hall–Kier alpha value is 1.88. The summed E-state index contributed by atoms with van der Waals surface area (Å²) in [6.07, 6.45) is 3.89. The summed E-state index contributed by atoms with van der Waals surface area (Å²) in [7, 11) is 0. The monoisotopic (exact) mass is 368 g/mol. The van der Waals surface area contributed by atoms with Gasteiger partial charge in [-0.3, -0.25) is 0 Å². The van der Waals surface area contributed by atoms with E-state index in [9.17, 15) is 4.89 Å². The third kappa shape index (κ3) is 12.0. The van der Waals surface area contributed by atoms with Crippen molar-refractivity contribution in [3.8, 4) is 0 Å². The fourth-order valence-corrected chi connectivity index (χ4v) is 1.93. The standard InChI is InChI=1S/C8H19O3PS.Nd/c1-3-5-7-10-12(9,13)11-8-6-4-2;/h3-8H2,1-2H3,(H,9,13);. The number of unbranched alkanes of at least 4 members (excludes halogenated alkanes) is 2. The summed E-state index contributed by atoms with van der Waals surface area (Å²) in [5.41, 5.74) is 0. The summed E-state index contributed by atoms with van der Waals surface area (Å²) < 4.78 is 10.2. The van der Waals surface area contributed by atoms with Crippen LogP contribution >= 0.6 is 6.72 Å². The van der Waals surface area contributed by atoms with Crippen LogP contribution in [-0.4, -0.2) is 18.1 Å². The molecule has 0 aromatic heterocycles. The van der Waals surface area contributed by atoms with Crippen LogP contribution in [-0.2, 0) is 20.9 Å². The number of hydrogen-bond donors (Lipinski definition) is 1. The Morgan fingerprint density at radius 2 is 1.43 bits per heavy atom. The molecule has 0 atom stereocenters. The van der Waals surface area contributed by atoms with Crippen molar-refractivity contribution >= 4 is 18.5 Å². The molecule has 0 aromatic carbocycles. The van der Waals surface area contributed by atoms with Crippen LogP contribution in [0.5, 0.6) is 0 Å². The van der Waals surface area contributed by atoms with Crippen LogP contribution in [0.4, 0.5) is 0 Å². The van der Waals surface area contributed by atoms with Crippen molar-refractivity contribution in [2.24, 2.45) is 0 Å². The molecule has 0 aliphatic rings. The normalized spacial score (nSPS) is 11.1. The van der Waals surface area contributed by atoms with Crippen molar-refractivity contribution in [3.63, 3.8) is 0 Å². The molecule has 0 unspecified atom stereocenters. The summed E-state index contributed by atoms with van der Waals surface area (Å²) in [6.45, 7) is 2.19. The zero-order chi connectivity index (χ0) is 10.2. The topological polar surface area (TPSA) is 38.7 Å². The zero-order valence-corrected chi connectivity index (χ0v) is 13.8. The van der Waals surface area contributed by atoms with Gasteiger partial charge >= 0.3 is 6.72 Å². The second-order valence-corrected chi connectivity index (χ2v) is 5.68. The maximum absolute atomic E-state index is 9.45. The predicted molar refractivity (Wildman–Crippen MR) is 58.2 cm³/mol. The molecule has 6 heteroatoms. The Kier molecular flexibility index (Phi) is 14.8. The predicted octanol–water partition coefficient (Wildman–Crippen LogP) is 2.84. The quantitative estimate of drug-likeness (QED) is 0.527. The van der Waals surface area contributed by atoms with E-state index in [0.717, 1.165) is 25.7 Å². The second kappa shape index (κ2) is 11.4. The van der Waals surface area contributed by atoms with Crippen LogP contribution < -0.4 is 0 Å². The van der Waals surface area contributed by atoms with Crippen molar-refractivity contribution in [1.29, 1.82) is 0 Å². The minimum atomic E-state index is -2.92. The van der Waals surface area contributed by atoms with Crippen molar-refractivity contribution in [2.75, 3.05) is 13.2 Å². The average Bonchev–Trinajstić information content (AvgIpc) is 2.05. The molecule has 14 heavy (non-hydrogen) atoms. The van der Waals surface area contributed by atoms with E-state index >= 15 is 0 Å². The van der Waals surface area contributed by atoms with E-state index in [2.05, 4.69) is 13.8 Å². The van der Waals surface area contributed by atoms with Gasteiger partial charge in [-0.05, 0) is 24.6 Å². The van der Waals surface area contributed by atoms with Gasteiger partial charge in [0.2, 0.25) is 0 Å². The van der Waals surface area contributed by atoms with Crippen LogP contribution in [0.15, 0.2) is 0 Å². The Balaban J connectivity index is 0. The molecule has 84 valence electrons. The van der Waals surface area contributed by atoms with Crippen LogP contribution in [0.1, 0.15) is 39.5 Å². The Morgan fingerprint density at radius 3 is 1.71 bits per heavy atom. The van der Waals surface area contributed by atoms with E-state index in [1.54, 1.807) is 0 Å². The van der Waals surface area contributed by atoms with Gasteiger partial charge in [0.15, 0.2) is 0 Å². The fraction of sp³-hybridized carbons (Fsp3) is 1.00. The van der Waals surface area contributed by atoms with Crippen molar-refractivity contribution in [2.45, 2.75) is 39.5 Å². The Morgan fingerprint density at radius 1 is 1.07 bits per heavy atom. The summed E-state index contributed by atoms with van der Waals surface area (Å²) in [6, 6.07) is 0. The molecule has 0 saturated heterocycles. The van der Waals surface area contributed by atoms with E-state index in [0.29, 0.717) is 13.2 Å². The van der Waals surface area contributed by atoms with Gasteiger partial charge in [0.25, 0.3) is 0 Å². The molecule has 0 spiro atoms. The first kappa shape index (κ1) is 18.3. The van der Waals surface area contributed by atoms with Crippen molar-refractivity contribution in [1.82, 2.24) is 0 Å². The Labute approximate surface area is 125 Å². The molecule has 1 N–H and O–H groups in total. The number of hydrogen-bond acceptors (Lipinski definition) is 3. The molecule has 0 radical (unpaired) electrons.